The summed E-state index contributed by atoms with van der Waals surface area (Å²) in [7, 11) is -3.80. The fraction of sp³-hybridized carbons (Fsp3) is 0.0833. The van der Waals surface area contributed by atoms with Gasteiger partial charge in [0.05, 0.1) is 15.9 Å². The number of halogens is 3. The Morgan fingerprint density at radius 3 is 2.55 bits per heavy atom. The summed E-state index contributed by atoms with van der Waals surface area (Å²) in [5.74, 6) is -1.23. The van der Waals surface area contributed by atoms with Crippen molar-refractivity contribution in [2.45, 2.75) is 4.21 Å². The van der Waals surface area contributed by atoms with Gasteiger partial charge in [-0.25, -0.2) is 17.5 Å². The van der Waals surface area contributed by atoms with Crippen LogP contribution in [0.3, 0.4) is 0 Å². The normalized spacial score (nSPS) is 11.4. The van der Waals surface area contributed by atoms with Crippen LogP contribution < -0.4 is 10.0 Å². The highest BCUT2D eigenvalue weighted by Gasteiger charge is 2.17. The van der Waals surface area contributed by atoms with Gasteiger partial charge in [-0.3, -0.25) is 4.79 Å². The molecule has 0 saturated heterocycles. The number of nitrogens with one attached hydrogen (secondary N) is 2. The Labute approximate surface area is 140 Å². The van der Waals surface area contributed by atoms with Gasteiger partial charge in [0.15, 0.2) is 0 Å². The smallest absolute Gasteiger partial charge is 0.250 e. The zero-order valence-electron chi connectivity index (χ0n) is 10.8. The van der Waals surface area contributed by atoms with Crippen molar-refractivity contribution in [1.82, 2.24) is 4.72 Å². The minimum Gasteiger partial charge on any atom is -0.325 e. The van der Waals surface area contributed by atoms with E-state index in [4.69, 9.17) is 23.2 Å². The molecule has 0 atom stereocenters. The summed E-state index contributed by atoms with van der Waals surface area (Å²) < 4.78 is 39.2. The Morgan fingerprint density at radius 1 is 1.23 bits per heavy atom. The van der Waals surface area contributed by atoms with E-state index < -0.39 is 28.3 Å². The molecule has 0 unspecified atom stereocenters. The van der Waals surface area contributed by atoms with Crippen molar-refractivity contribution in [3.63, 3.8) is 0 Å². The van der Waals surface area contributed by atoms with Gasteiger partial charge in [-0.2, -0.15) is 0 Å². The minimum absolute atomic E-state index is 0.00938. The van der Waals surface area contributed by atoms with Gasteiger partial charge in [0, 0.05) is 5.69 Å². The standard InChI is InChI=1S/C12H9Cl2FN2O3S2/c13-8-5-7(1-2-9(8)15)17-11(18)6-16-22(19,20)12-4-3-10(14)21-12/h1-5,16H,6H2,(H,17,18). The lowest BCUT2D eigenvalue weighted by Crippen LogP contribution is -2.32. The van der Waals surface area contributed by atoms with Gasteiger partial charge in [0.25, 0.3) is 10.0 Å². The topological polar surface area (TPSA) is 75.3 Å². The number of hydrogen-bond acceptors (Lipinski definition) is 4. The predicted octanol–water partition coefficient (Wildman–Crippen LogP) is 3.11. The van der Waals surface area contributed by atoms with E-state index in [1.807, 2.05) is 0 Å². The fourth-order valence-electron chi connectivity index (χ4n) is 1.45. The lowest BCUT2D eigenvalue weighted by molar-refractivity contribution is -0.115. The summed E-state index contributed by atoms with van der Waals surface area (Å²) >= 11 is 12.1. The summed E-state index contributed by atoms with van der Waals surface area (Å²) in [6.45, 7) is -0.479. The maximum Gasteiger partial charge on any atom is 0.250 e. The van der Waals surface area contributed by atoms with Gasteiger partial charge in [0.2, 0.25) is 5.91 Å². The van der Waals surface area contributed by atoms with Crippen molar-refractivity contribution in [2.75, 3.05) is 11.9 Å². The van der Waals surface area contributed by atoms with Crippen molar-refractivity contribution in [1.29, 1.82) is 0 Å². The molecule has 10 heteroatoms. The molecule has 0 radical (unpaired) electrons. The van der Waals surface area contributed by atoms with E-state index in [0.717, 1.165) is 17.4 Å². The SMILES string of the molecule is O=C(CNS(=O)(=O)c1ccc(Cl)s1)Nc1ccc(F)c(Cl)c1. The van der Waals surface area contributed by atoms with Crippen LogP contribution in [0.2, 0.25) is 9.36 Å². The number of amides is 1. The lowest BCUT2D eigenvalue weighted by atomic mass is 10.3. The summed E-state index contributed by atoms with van der Waals surface area (Å²) in [5, 5.41) is 2.25. The Hall–Kier alpha value is -1.19. The van der Waals surface area contributed by atoms with Crippen LogP contribution in [0.4, 0.5) is 10.1 Å². The molecule has 0 saturated carbocycles. The van der Waals surface area contributed by atoms with E-state index >= 15 is 0 Å². The Bertz CT molecular complexity index is 808. The molecule has 22 heavy (non-hydrogen) atoms. The second-order valence-electron chi connectivity index (χ2n) is 4.06. The number of hydrogen-bond donors (Lipinski definition) is 2. The number of anilines is 1. The molecule has 118 valence electrons. The molecule has 1 amide bonds. The van der Waals surface area contributed by atoms with E-state index in [2.05, 4.69) is 10.0 Å². The van der Waals surface area contributed by atoms with Crippen LogP contribution in [-0.4, -0.2) is 20.9 Å². The van der Waals surface area contributed by atoms with Crippen molar-refractivity contribution >= 4 is 56.2 Å². The van der Waals surface area contributed by atoms with Gasteiger partial charge >= 0.3 is 0 Å². The van der Waals surface area contributed by atoms with Crippen LogP contribution >= 0.6 is 34.5 Å². The average Bonchev–Trinajstić information content (AvgIpc) is 2.88. The molecule has 1 aromatic carbocycles. The first-order valence-corrected chi connectivity index (χ1v) is 8.83. The van der Waals surface area contributed by atoms with Crippen molar-refractivity contribution in [2.24, 2.45) is 0 Å². The summed E-state index contributed by atoms with van der Waals surface area (Å²) in [5.41, 5.74) is 0.259. The quantitative estimate of drug-likeness (QED) is 0.833. The third-order valence-electron chi connectivity index (χ3n) is 2.44. The fourth-order valence-corrected chi connectivity index (χ4v) is 4.14. The molecule has 0 aliphatic rings. The number of rotatable bonds is 5. The van der Waals surface area contributed by atoms with E-state index in [-0.39, 0.29) is 14.9 Å². The second kappa shape index (κ2) is 6.93. The summed E-state index contributed by atoms with van der Waals surface area (Å²) in [6.07, 6.45) is 0. The van der Waals surface area contributed by atoms with Crippen LogP contribution in [0.25, 0.3) is 0 Å². The van der Waals surface area contributed by atoms with Crippen LogP contribution in [0.5, 0.6) is 0 Å². The monoisotopic (exact) mass is 382 g/mol. The zero-order chi connectivity index (χ0) is 16.3. The number of thiophene rings is 1. The molecule has 2 rings (SSSR count). The Morgan fingerprint density at radius 2 is 1.95 bits per heavy atom. The van der Waals surface area contributed by atoms with Gasteiger partial charge in [-0.05, 0) is 30.3 Å². The summed E-state index contributed by atoms with van der Waals surface area (Å²) in [4.78, 5) is 11.7. The van der Waals surface area contributed by atoms with Crippen LogP contribution in [0.1, 0.15) is 0 Å². The highest BCUT2D eigenvalue weighted by Crippen LogP contribution is 2.25. The number of sulfonamides is 1. The highest BCUT2D eigenvalue weighted by molar-refractivity contribution is 7.91. The van der Waals surface area contributed by atoms with Gasteiger partial charge < -0.3 is 5.32 Å². The van der Waals surface area contributed by atoms with E-state index in [9.17, 15) is 17.6 Å². The van der Waals surface area contributed by atoms with Crippen LogP contribution in [0, 0.1) is 5.82 Å². The lowest BCUT2D eigenvalue weighted by Gasteiger charge is -2.07. The van der Waals surface area contributed by atoms with E-state index in [0.29, 0.717) is 4.34 Å². The maximum atomic E-state index is 13.0. The average molecular weight is 383 g/mol. The molecule has 2 aromatic rings. The number of carbonyl (C=O) groups is 1. The van der Waals surface area contributed by atoms with Crippen LogP contribution in [-0.2, 0) is 14.8 Å². The van der Waals surface area contributed by atoms with Crippen molar-refractivity contribution < 1.29 is 17.6 Å². The molecular formula is C12H9Cl2FN2O3S2. The first-order chi connectivity index (χ1) is 10.3. The van der Waals surface area contributed by atoms with Gasteiger partial charge in [-0.1, -0.05) is 23.2 Å². The predicted molar refractivity (Wildman–Crippen MR) is 84.6 cm³/mol. The van der Waals surface area contributed by atoms with Crippen molar-refractivity contribution in [3.05, 3.63) is 45.5 Å². The number of benzene rings is 1. The molecule has 0 fully saturated rings. The largest absolute Gasteiger partial charge is 0.325 e. The first kappa shape index (κ1) is 17.2. The van der Waals surface area contributed by atoms with Crippen LogP contribution in [0.15, 0.2) is 34.5 Å². The highest BCUT2D eigenvalue weighted by atomic mass is 35.5. The Balaban J connectivity index is 1.96. The first-order valence-electron chi connectivity index (χ1n) is 5.78. The maximum absolute atomic E-state index is 13.0. The molecule has 0 aliphatic heterocycles. The number of carbonyl (C=O) groups excluding carboxylic acids is 1. The Kier molecular flexibility index (Phi) is 5.41. The second-order valence-corrected chi connectivity index (χ2v) is 8.18. The molecule has 0 aliphatic carbocycles. The van der Waals surface area contributed by atoms with Gasteiger partial charge in [-0.15, -0.1) is 11.3 Å². The molecule has 5 nitrogen and oxygen atoms in total. The van der Waals surface area contributed by atoms with Gasteiger partial charge in [0.1, 0.15) is 10.0 Å². The third-order valence-corrected chi connectivity index (χ3v) is 5.85. The van der Waals surface area contributed by atoms with Crippen molar-refractivity contribution in [3.8, 4) is 0 Å². The van der Waals surface area contributed by atoms with E-state index in [1.165, 1.54) is 24.3 Å². The molecule has 0 bridgehead atoms. The van der Waals surface area contributed by atoms with E-state index in [1.54, 1.807) is 0 Å². The molecule has 1 heterocycles. The molecule has 1 aromatic heterocycles. The summed E-state index contributed by atoms with van der Waals surface area (Å²) in [6, 6.07) is 6.42. The minimum atomic E-state index is -3.80. The molecule has 2 N–H and O–H groups in total. The third kappa shape index (κ3) is 4.40. The molecular weight excluding hydrogens is 374 g/mol. The molecule has 0 spiro atoms. The zero-order valence-corrected chi connectivity index (χ0v) is 13.9.